The maximum atomic E-state index is 5.51. The van der Waals surface area contributed by atoms with Gasteiger partial charge in [0.2, 0.25) is 0 Å². The van der Waals surface area contributed by atoms with Gasteiger partial charge in [-0.15, -0.1) is 0 Å². The van der Waals surface area contributed by atoms with Crippen molar-refractivity contribution in [1.82, 2.24) is 9.55 Å². The van der Waals surface area contributed by atoms with Crippen molar-refractivity contribution in [3.63, 3.8) is 0 Å². The third kappa shape index (κ3) is 2.53. The summed E-state index contributed by atoms with van der Waals surface area (Å²) in [5, 5.41) is 0. The third-order valence-corrected chi connectivity index (χ3v) is 2.54. The lowest BCUT2D eigenvalue weighted by molar-refractivity contribution is 0.705. The second-order valence-corrected chi connectivity index (χ2v) is 3.83. The molecule has 0 atom stereocenters. The van der Waals surface area contributed by atoms with E-state index in [2.05, 4.69) is 16.5 Å². The molecule has 0 aliphatic carbocycles. The van der Waals surface area contributed by atoms with Gasteiger partial charge in [-0.05, 0) is 5.75 Å². The fourth-order valence-electron chi connectivity index (χ4n) is 1.04. The predicted octanol–water partition coefficient (Wildman–Crippen LogP) is 1.09. The van der Waals surface area contributed by atoms with Crippen LogP contribution in [0.3, 0.4) is 0 Å². The van der Waals surface area contributed by atoms with Gasteiger partial charge in [0.15, 0.2) is 0 Å². The van der Waals surface area contributed by atoms with E-state index in [-0.39, 0.29) is 0 Å². The molecule has 0 unspecified atom stereocenters. The molecule has 4 heteroatoms. The van der Waals surface area contributed by atoms with E-state index in [4.69, 9.17) is 5.73 Å². The summed E-state index contributed by atoms with van der Waals surface area (Å²) in [5.41, 5.74) is 5.51. The van der Waals surface area contributed by atoms with E-state index in [0.29, 0.717) is 6.54 Å². The lowest BCUT2D eigenvalue weighted by Gasteiger charge is -2.04. The molecule has 0 saturated heterocycles. The summed E-state index contributed by atoms with van der Waals surface area (Å²) in [5.74, 6) is 3.29. The molecule has 68 valence electrons. The van der Waals surface area contributed by atoms with Gasteiger partial charge in [0, 0.05) is 24.7 Å². The second kappa shape index (κ2) is 5.22. The van der Waals surface area contributed by atoms with Gasteiger partial charge >= 0.3 is 0 Å². The average Bonchev–Trinajstić information content (AvgIpc) is 2.52. The molecule has 12 heavy (non-hydrogen) atoms. The van der Waals surface area contributed by atoms with Crippen LogP contribution >= 0.6 is 11.8 Å². The molecule has 0 fully saturated rings. The Labute approximate surface area is 77.4 Å². The first-order valence-corrected chi connectivity index (χ1v) is 5.31. The molecule has 0 aliphatic heterocycles. The van der Waals surface area contributed by atoms with Crippen LogP contribution in [0.2, 0.25) is 0 Å². The van der Waals surface area contributed by atoms with E-state index in [0.717, 1.165) is 18.1 Å². The molecule has 0 bridgehead atoms. The lowest BCUT2D eigenvalue weighted by atomic mass is 10.6. The second-order valence-electron chi connectivity index (χ2n) is 2.44. The zero-order chi connectivity index (χ0) is 8.81. The van der Waals surface area contributed by atoms with Gasteiger partial charge in [0.1, 0.15) is 5.82 Å². The van der Waals surface area contributed by atoms with E-state index in [1.165, 1.54) is 5.75 Å². The highest BCUT2D eigenvalue weighted by molar-refractivity contribution is 7.99. The van der Waals surface area contributed by atoms with Gasteiger partial charge in [-0.25, -0.2) is 4.98 Å². The summed E-state index contributed by atoms with van der Waals surface area (Å²) in [7, 11) is 0. The van der Waals surface area contributed by atoms with Crippen molar-refractivity contribution < 1.29 is 0 Å². The van der Waals surface area contributed by atoms with Gasteiger partial charge in [-0.1, -0.05) is 6.92 Å². The largest absolute Gasteiger partial charge is 0.333 e. The molecule has 2 N–H and O–H groups in total. The summed E-state index contributed by atoms with van der Waals surface area (Å²) in [4.78, 5) is 4.14. The van der Waals surface area contributed by atoms with E-state index in [9.17, 15) is 0 Å². The van der Waals surface area contributed by atoms with E-state index >= 15 is 0 Å². The fraction of sp³-hybridized carbons (Fsp3) is 0.625. The molecule has 0 aromatic carbocycles. The highest BCUT2D eigenvalue weighted by Gasteiger charge is 1.98. The zero-order valence-corrected chi connectivity index (χ0v) is 8.18. The predicted molar refractivity (Wildman–Crippen MR) is 53.1 cm³/mol. The highest BCUT2D eigenvalue weighted by atomic mass is 32.2. The number of aromatic nitrogens is 2. The number of rotatable bonds is 5. The maximum absolute atomic E-state index is 5.51. The van der Waals surface area contributed by atoms with Crippen molar-refractivity contribution in [3.8, 4) is 0 Å². The zero-order valence-electron chi connectivity index (χ0n) is 7.36. The molecule has 3 nitrogen and oxygen atoms in total. The maximum Gasteiger partial charge on any atom is 0.122 e. The third-order valence-electron chi connectivity index (χ3n) is 1.66. The molecule has 0 radical (unpaired) electrons. The number of aryl methyl sites for hydroxylation is 1. The Kier molecular flexibility index (Phi) is 4.18. The minimum atomic E-state index is 0.532. The highest BCUT2D eigenvalue weighted by Crippen LogP contribution is 2.02. The van der Waals surface area contributed by atoms with Crippen LogP contribution < -0.4 is 5.73 Å². The van der Waals surface area contributed by atoms with Gasteiger partial charge < -0.3 is 10.3 Å². The summed E-state index contributed by atoms with van der Waals surface area (Å²) >= 11 is 1.94. The Balaban J connectivity index is 2.39. The van der Waals surface area contributed by atoms with Crippen LogP contribution in [0.25, 0.3) is 0 Å². The summed E-state index contributed by atoms with van der Waals surface area (Å²) in [6.07, 6.45) is 3.79. The number of hydrogen-bond donors (Lipinski definition) is 1. The summed E-state index contributed by atoms with van der Waals surface area (Å²) in [6, 6.07) is 0. The van der Waals surface area contributed by atoms with E-state index in [1.54, 1.807) is 6.20 Å². The molecule has 1 rings (SSSR count). The first-order valence-electron chi connectivity index (χ1n) is 4.16. The molecule has 1 aromatic heterocycles. The van der Waals surface area contributed by atoms with Crippen molar-refractivity contribution in [2.24, 2.45) is 5.73 Å². The lowest BCUT2D eigenvalue weighted by Crippen LogP contribution is -2.09. The van der Waals surface area contributed by atoms with Crippen LogP contribution in [0, 0.1) is 0 Å². The molecular formula is C8H15N3S. The van der Waals surface area contributed by atoms with Gasteiger partial charge in [-0.3, -0.25) is 0 Å². The Hall–Kier alpha value is -0.480. The quantitative estimate of drug-likeness (QED) is 0.698. The monoisotopic (exact) mass is 185 g/mol. The van der Waals surface area contributed by atoms with Crippen LogP contribution in [0.5, 0.6) is 0 Å². The van der Waals surface area contributed by atoms with Crippen molar-refractivity contribution in [1.29, 1.82) is 0 Å². The minimum Gasteiger partial charge on any atom is -0.333 e. The van der Waals surface area contributed by atoms with Crippen LogP contribution in [0.4, 0.5) is 0 Å². The number of hydrogen-bond acceptors (Lipinski definition) is 3. The van der Waals surface area contributed by atoms with Gasteiger partial charge in [0.05, 0.1) is 6.54 Å². The Morgan fingerprint density at radius 2 is 2.50 bits per heavy atom. The molecule has 0 aliphatic rings. The normalized spacial score (nSPS) is 10.5. The number of imidazole rings is 1. The summed E-state index contributed by atoms with van der Waals surface area (Å²) in [6.45, 7) is 3.72. The molecule has 0 spiro atoms. The summed E-state index contributed by atoms with van der Waals surface area (Å²) < 4.78 is 2.11. The first kappa shape index (κ1) is 9.61. The molecule has 0 amide bonds. The molecule has 0 saturated carbocycles. The number of thioether (sulfide) groups is 1. The standard InChI is InChI=1S/C8H15N3S/c1-2-12-6-5-11-4-3-10-8(11)7-9/h3-4H,2,5-7,9H2,1H3. The van der Waals surface area contributed by atoms with Crippen LogP contribution in [0.15, 0.2) is 12.4 Å². The van der Waals surface area contributed by atoms with Crippen molar-refractivity contribution in [2.45, 2.75) is 20.0 Å². The van der Waals surface area contributed by atoms with Crippen LogP contribution in [0.1, 0.15) is 12.7 Å². The van der Waals surface area contributed by atoms with Crippen molar-refractivity contribution in [3.05, 3.63) is 18.2 Å². The molecular weight excluding hydrogens is 170 g/mol. The first-order chi connectivity index (χ1) is 5.88. The number of nitrogens with zero attached hydrogens (tertiary/aromatic N) is 2. The van der Waals surface area contributed by atoms with Crippen molar-refractivity contribution in [2.75, 3.05) is 11.5 Å². The smallest absolute Gasteiger partial charge is 0.122 e. The Bertz CT molecular complexity index is 222. The van der Waals surface area contributed by atoms with Gasteiger partial charge in [-0.2, -0.15) is 11.8 Å². The SMILES string of the molecule is CCSCCn1ccnc1CN. The van der Waals surface area contributed by atoms with Crippen LogP contribution in [-0.2, 0) is 13.1 Å². The average molecular weight is 185 g/mol. The topological polar surface area (TPSA) is 43.8 Å². The van der Waals surface area contributed by atoms with E-state index < -0.39 is 0 Å². The molecule has 1 heterocycles. The van der Waals surface area contributed by atoms with E-state index in [1.807, 2.05) is 18.0 Å². The van der Waals surface area contributed by atoms with Crippen molar-refractivity contribution >= 4 is 11.8 Å². The number of nitrogens with two attached hydrogens (primary N) is 1. The Morgan fingerprint density at radius 1 is 1.67 bits per heavy atom. The van der Waals surface area contributed by atoms with Crippen LogP contribution in [-0.4, -0.2) is 21.1 Å². The van der Waals surface area contributed by atoms with Gasteiger partial charge in [0.25, 0.3) is 0 Å². The Morgan fingerprint density at radius 3 is 3.17 bits per heavy atom. The fourth-order valence-corrected chi connectivity index (χ4v) is 1.66. The molecule has 1 aromatic rings. The minimum absolute atomic E-state index is 0.532.